The number of carboxylic acids is 1. The molecule has 3 rings (SSSR count). The third kappa shape index (κ3) is 2.20. The first-order valence-corrected chi connectivity index (χ1v) is 6.39. The Hall–Kier alpha value is -1.91. The minimum absolute atomic E-state index is 0.0121. The van der Waals surface area contributed by atoms with Crippen LogP contribution in [0.1, 0.15) is 30.7 Å². The van der Waals surface area contributed by atoms with Crippen LogP contribution in [0.5, 0.6) is 17.2 Å². The van der Waals surface area contributed by atoms with E-state index in [9.17, 15) is 4.79 Å². The zero-order valence-corrected chi connectivity index (χ0v) is 10.7. The van der Waals surface area contributed by atoms with Crippen LogP contribution in [0.15, 0.2) is 12.1 Å². The lowest BCUT2D eigenvalue weighted by Crippen LogP contribution is -2.10. The molecule has 0 bridgehead atoms. The first kappa shape index (κ1) is 12.1. The molecule has 1 aliphatic heterocycles. The van der Waals surface area contributed by atoms with Gasteiger partial charge in [0.1, 0.15) is 0 Å². The fourth-order valence-electron chi connectivity index (χ4n) is 2.68. The number of carboxylic acid groups (broad SMARTS) is 1. The maximum Gasteiger partial charge on any atom is 0.303 e. The van der Waals surface area contributed by atoms with E-state index in [-0.39, 0.29) is 19.1 Å². The predicted octanol–water partition coefficient (Wildman–Crippen LogP) is 2.39. The second kappa shape index (κ2) is 4.64. The van der Waals surface area contributed by atoms with Crippen molar-refractivity contribution in [1.29, 1.82) is 0 Å². The first-order valence-electron chi connectivity index (χ1n) is 6.39. The smallest absolute Gasteiger partial charge is 0.303 e. The highest BCUT2D eigenvalue weighted by atomic mass is 16.7. The Morgan fingerprint density at radius 1 is 1.47 bits per heavy atom. The monoisotopic (exact) mass is 264 g/mol. The molecule has 5 nitrogen and oxygen atoms in total. The standard InChI is InChI=1S/C14H16O5/c1-17-13-9(4-5-11-14(13)19-7-18-11)10(6-12(15)16)8-2-3-8/h4-5,8,10H,2-3,6-7H2,1H3,(H,15,16). The predicted molar refractivity (Wildman–Crippen MR) is 66.8 cm³/mol. The van der Waals surface area contributed by atoms with Gasteiger partial charge in [-0.2, -0.15) is 0 Å². The Kier molecular flexibility index (Phi) is 2.97. The number of ether oxygens (including phenoxy) is 3. The van der Waals surface area contributed by atoms with Gasteiger partial charge in [-0.05, 0) is 24.8 Å². The van der Waals surface area contributed by atoms with Gasteiger partial charge < -0.3 is 19.3 Å². The largest absolute Gasteiger partial charge is 0.492 e. The van der Waals surface area contributed by atoms with Crippen molar-refractivity contribution in [2.75, 3.05) is 13.9 Å². The van der Waals surface area contributed by atoms with Crippen LogP contribution in [0.3, 0.4) is 0 Å². The molecule has 0 aromatic heterocycles. The average molecular weight is 264 g/mol. The lowest BCUT2D eigenvalue weighted by atomic mass is 9.90. The molecular formula is C14H16O5. The molecule has 1 N–H and O–H groups in total. The number of fused-ring (bicyclic) bond motifs is 1. The fourth-order valence-corrected chi connectivity index (χ4v) is 2.68. The van der Waals surface area contributed by atoms with Gasteiger partial charge >= 0.3 is 5.97 Å². The lowest BCUT2D eigenvalue weighted by Gasteiger charge is -2.18. The molecule has 1 heterocycles. The molecule has 0 saturated heterocycles. The number of rotatable bonds is 5. The summed E-state index contributed by atoms with van der Waals surface area (Å²) in [6, 6.07) is 3.73. The Labute approximate surface area is 111 Å². The molecule has 1 unspecified atom stereocenters. The molecule has 1 aromatic rings. The number of methoxy groups -OCH3 is 1. The first-order chi connectivity index (χ1) is 9.20. The minimum Gasteiger partial charge on any atom is -0.492 e. The Balaban J connectivity index is 2.00. The van der Waals surface area contributed by atoms with Gasteiger partial charge in [-0.1, -0.05) is 6.07 Å². The van der Waals surface area contributed by atoms with Crippen LogP contribution in [-0.2, 0) is 4.79 Å². The third-order valence-electron chi connectivity index (χ3n) is 3.71. The molecule has 2 aliphatic rings. The van der Waals surface area contributed by atoms with Gasteiger partial charge in [0.25, 0.3) is 0 Å². The number of hydrogen-bond acceptors (Lipinski definition) is 4. The summed E-state index contributed by atoms with van der Waals surface area (Å²) >= 11 is 0. The van der Waals surface area contributed by atoms with E-state index in [1.54, 1.807) is 7.11 Å². The van der Waals surface area contributed by atoms with E-state index in [1.807, 2.05) is 12.1 Å². The van der Waals surface area contributed by atoms with Crippen LogP contribution < -0.4 is 14.2 Å². The molecule has 1 aromatic carbocycles. The van der Waals surface area contributed by atoms with Gasteiger partial charge in [0.2, 0.25) is 12.5 Å². The molecule has 19 heavy (non-hydrogen) atoms. The summed E-state index contributed by atoms with van der Waals surface area (Å²) in [5, 5.41) is 9.08. The molecule has 0 radical (unpaired) electrons. The van der Waals surface area contributed by atoms with E-state index in [4.69, 9.17) is 19.3 Å². The van der Waals surface area contributed by atoms with E-state index < -0.39 is 5.97 Å². The summed E-state index contributed by atoms with van der Waals surface area (Å²) in [6.07, 6.45) is 2.28. The second-order valence-corrected chi connectivity index (χ2v) is 4.96. The van der Waals surface area contributed by atoms with Gasteiger partial charge in [-0.15, -0.1) is 0 Å². The SMILES string of the molecule is COc1c(C(CC(=O)O)C2CC2)ccc2c1OCO2. The van der Waals surface area contributed by atoms with Crippen LogP contribution in [0.4, 0.5) is 0 Å². The van der Waals surface area contributed by atoms with Crippen LogP contribution >= 0.6 is 0 Å². The van der Waals surface area contributed by atoms with Crippen molar-refractivity contribution in [2.24, 2.45) is 5.92 Å². The molecular weight excluding hydrogens is 248 g/mol. The molecule has 1 aliphatic carbocycles. The summed E-state index contributed by atoms with van der Waals surface area (Å²) < 4.78 is 16.2. The molecule has 0 spiro atoms. The molecule has 1 fully saturated rings. The summed E-state index contributed by atoms with van der Waals surface area (Å²) in [5.41, 5.74) is 0.914. The van der Waals surface area contributed by atoms with E-state index in [0.29, 0.717) is 23.2 Å². The lowest BCUT2D eigenvalue weighted by molar-refractivity contribution is -0.137. The maximum absolute atomic E-state index is 11.1. The van der Waals surface area contributed by atoms with Gasteiger partial charge in [0.15, 0.2) is 11.5 Å². The average Bonchev–Trinajstić information content (AvgIpc) is 3.12. The summed E-state index contributed by atoms with van der Waals surface area (Å²) in [6.45, 7) is 0.183. The Morgan fingerprint density at radius 3 is 2.89 bits per heavy atom. The minimum atomic E-state index is -0.781. The fraction of sp³-hybridized carbons (Fsp3) is 0.500. The van der Waals surface area contributed by atoms with Crippen molar-refractivity contribution in [3.05, 3.63) is 17.7 Å². The summed E-state index contributed by atoms with van der Waals surface area (Å²) in [7, 11) is 1.57. The van der Waals surface area contributed by atoms with Crippen molar-refractivity contribution in [2.45, 2.75) is 25.2 Å². The molecule has 0 amide bonds. The Morgan fingerprint density at radius 2 is 2.26 bits per heavy atom. The van der Waals surface area contributed by atoms with Crippen molar-refractivity contribution in [3.8, 4) is 17.2 Å². The van der Waals surface area contributed by atoms with Crippen LogP contribution in [0.25, 0.3) is 0 Å². The van der Waals surface area contributed by atoms with E-state index >= 15 is 0 Å². The number of benzene rings is 1. The van der Waals surface area contributed by atoms with Gasteiger partial charge in [-0.25, -0.2) is 0 Å². The third-order valence-corrected chi connectivity index (χ3v) is 3.71. The molecule has 5 heteroatoms. The number of carbonyl (C=O) groups is 1. The zero-order chi connectivity index (χ0) is 13.4. The second-order valence-electron chi connectivity index (χ2n) is 4.96. The van der Waals surface area contributed by atoms with Crippen LogP contribution in [-0.4, -0.2) is 25.0 Å². The highest BCUT2D eigenvalue weighted by molar-refractivity contribution is 5.69. The van der Waals surface area contributed by atoms with E-state index in [2.05, 4.69) is 0 Å². The Bertz CT molecular complexity index is 507. The van der Waals surface area contributed by atoms with Crippen molar-refractivity contribution in [1.82, 2.24) is 0 Å². The number of hydrogen-bond donors (Lipinski definition) is 1. The van der Waals surface area contributed by atoms with Crippen molar-refractivity contribution < 1.29 is 24.1 Å². The van der Waals surface area contributed by atoms with Gasteiger partial charge in [0.05, 0.1) is 13.5 Å². The molecule has 1 atom stereocenters. The van der Waals surface area contributed by atoms with Gasteiger partial charge in [-0.3, -0.25) is 4.79 Å². The van der Waals surface area contributed by atoms with Crippen LogP contribution in [0, 0.1) is 5.92 Å². The molecule has 102 valence electrons. The van der Waals surface area contributed by atoms with Crippen molar-refractivity contribution >= 4 is 5.97 Å². The quantitative estimate of drug-likeness (QED) is 0.884. The summed E-state index contributed by atoms with van der Waals surface area (Å²) in [4.78, 5) is 11.1. The number of aliphatic carboxylic acids is 1. The molecule has 1 saturated carbocycles. The van der Waals surface area contributed by atoms with Crippen molar-refractivity contribution in [3.63, 3.8) is 0 Å². The highest BCUT2D eigenvalue weighted by Crippen LogP contribution is 2.51. The maximum atomic E-state index is 11.1. The van der Waals surface area contributed by atoms with E-state index in [1.165, 1.54) is 0 Å². The zero-order valence-electron chi connectivity index (χ0n) is 10.7. The summed E-state index contributed by atoms with van der Waals surface area (Å²) in [5.74, 6) is 1.51. The normalized spacial score (nSPS) is 18.2. The van der Waals surface area contributed by atoms with E-state index in [0.717, 1.165) is 18.4 Å². The van der Waals surface area contributed by atoms with Crippen LogP contribution in [0.2, 0.25) is 0 Å². The topological polar surface area (TPSA) is 65.0 Å². The van der Waals surface area contributed by atoms with Gasteiger partial charge in [0, 0.05) is 11.5 Å². The highest BCUT2D eigenvalue weighted by Gasteiger charge is 2.37.